The van der Waals surface area contributed by atoms with Crippen molar-refractivity contribution in [3.8, 4) is 11.4 Å². The fourth-order valence-corrected chi connectivity index (χ4v) is 4.01. The molecule has 1 aromatic heterocycles. The van der Waals surface area contributed by atoms with Crippen molar-refractivity contribution >= 4 is 29.3 Å². The van der Waals surface area contributed by atoms with Crippen molar-refractivity contribution in [3.63, 3.8) is 0 Å². The third kappa shape index (κ3) is 6.24. The summed E-state index contributed by atoms with van der Waals surface area (Å²) < 4.78 is 20.7. The second-order valence-corrected chi connectivity index (χ2v) is 8.27. The standard InChI is InChI=1S/C25H22FN5O3S/c1-34-21-12-10-17(11-13-21)24(33)27-15-22-29-30-25(31(22)20-9-5-6-18(26)14-20)35-16-23(32)28-19-7-3-2-4-8-19/h2-14H,15-16H2,1H3,(H,27,33)(H,28,32). The molecule has 0 fully saturated rings. The fraction of sp³-hybridized carbons (Fsp3) is 0.120. The van der Waals surface area contributed by atoms with E-state index in [2.05, 4.69) is 20.8 Å². The maximum absolute atomic E-state index is 14.0. The zero-order chi connectivity index (χ0) is 24.6. The number of halogens is 1. The summed E-state index contributed by atoms with van der Waals surface area (Å²) in [6, 6.07) is 21.7. The molecule has 2 amide bonds. The van der Waals surface area contributed by atoms with Gasteiger partial charge >= 0.3 is 0 Å². The van der Waals surface area contributed by atoms with Crippen LogP contribution in [0.5, 0.6) is 5.75 Å². The van der Waals surface area contributed by atoms with E-state index in [4.69, 9.17) is 4.74 Å². The first-order valence-corrected chi connectivity index (χ1v) is 11.6. The van der Waals surface area contributed by atoms with Crippen molar-refractivity contribution in [1.82, 2.24) is 20.1 Å². The van der Waals surface area contributed by atoms with Crippen molar-refractivity contribution in [1.29, 1.82) is 0 Å². The van der Waals surface area contributed by atoms with Crippen LogP contribution in [0.25, 0.3) is 5.69 Å². The molecule has 0 bridgehead atoms. The maximum Gasteiger partial charge on any atom is 0.251 e. The monoisotopic (exact) mass is 491 g/mol. The minimum atomic E-state index is -0.429. The SMILES string of the molecule is COc1ccc(C(=O)NCc2nnc(SCC(=O)Nc3ccccc3)n2-c2cccc(F)c2)cc1. The van der Waals surface area contributed by atoms with Gasteiger partial charge in [-0.1, -0.05) is 36.0 Å². The molecule has 1 heterocycles. The van der Waals surface area contributed by atoms with E-state index in [9.17, 15) is 14.0 Å². The molecule has 3 aromatic carbocycles. The highest BCUT2D eigenvalue weighted by molar-refractivity contribution is 7.99. The van der Waals surface area contributed by atoms with Gasteiger partial charge in [-0.05, 0) is 54.6 Å². The number of ether oxygens (including phenoxy) is 1. The lowest BCUT2D eigenvalue weighted by Gasteiger charge is -2.11. The van der Waals surface area contributed by atoms with Crippen LogP contribution in [0, 0.1) is 5.82 Å². The van der Waals surface area contributed by atoms with Gasteiger partial charge in [0.05, 0.1) is 25.1 Å². The number of para-hydroxylation sites is 1. The second kappa shape index (κ2) is 11.3. The summed E-state index contributed by atoms with van der Waals surface area (Å²) in [5.41, 5.74) is 1.62. The van der Waals surface area contributed by atoms with E-state index in [0.717, 1.165) is 11.8 Å². The Labute approximate surface area is 205 Å². The van der Waals surface area contributed by atoms with Crippen molar-refractivity contribution in [2.75, 3.05) is 18.2 Å². The number of thioether (sulfide) groups is 1. The van der Waals surface area contributed by atoms with E-state index in [0.29, 0.717) is 33.7 Å². The van der Waals surface area contributed by atoms with Crippen LogP contribution in [0.1, 0.15) is 16.2 Å². The van der Waals surface area contributed by atoms with E-state index in [1.54, 1.807) is 60.2 Å². The van der Waals surface area contributed by atoms with E-state index in [-0.39, 0.29) is 24.1 Å². The molecule has 0 radical (unpaired) electrons. The summed E-state index contributed by atoms with van der Waals surface area (Å²) in [7, 11) is 1.55. The van der Waals surface area contributed by atoms with E-state index >= 15 is 0 Å². The average Bonchev–Trinajstić information content (AvgIpc) is 3.29. The normalized spacial score (nSPS) is 10.6. The average molecular weight is 492 g/mol. The quantitative estimate of drug-likeness (QED) is 0.343. The van der Waals surface area contributed by atoms with Crippen LogP contribution in [0.4, 0.5) is 10.1 Å². The maximum atomic E-state index is 14.0. The molecule has 35 heavy (non-hydrogen) atoms. The third-order valence-electron chi connectivity index (χ3n) is 4.92. The predicted molar refractivity (Wildman–Crippen MR) is 131 cm³/mol. The zero-order valence-corrected chi connectivity index (χ0v) is 19.6. The lowest BCUT2D eigenvalue weighted by Crippen LogP contribution is -2.24. The Kier molecular flexibility index (Phi) is 7.74. The van der Waals surface area contributed by atoms with Gasteiger partial charge in [0.2, 0.25) is 5.91 Å². The van der Waals surface area contributed by atoms with Crippen LogP contribution in [-0.2, 0) is 11.3 Å². The predicted octanol–water partition coefficient (Wildman–Crippen LogP) is 4.08. The van der Waals surface area contributed by atoms with Gasteiger partial charge in [0, 0.05) is 11.3 Å². The molecule has 0 spiro atoms. The molecule has 0 aliphatic rings. The molecule has 0 aliphatic heterocycles. The number of hydrogen-bond acceptors (Lipinski definition) is 6. The zero-order valence-electron chi connectivity index (χ0n) is 18.8. The fourth-order valence-electron chi connectivity index (χ4n) is 3.24. The summed E-state index contributed by atoms with van der Waals surface area (Å²) in [6.07, 6.45) is 0. The number of carbonyl (C=O) groups excluding carboxylic acids is 2. The van der Waals surface area contributed by atoms with Gasteiger partial charge in [-0.2, -0.15) is 0 Å². The number of methoxy groups -OCH3 is 1. The van der Waals surface area contributed by atoms with Crippen LogP contribution in [-0.4, -0.2) is 39.4 Å². The highest BCUT2D eigenvalue weighted by Gasteiger charge is 2.17. The van der Waals surface area contributed by atoms with Crippen LogP contribution in [0.3, 0.4) is 0 Å². The van der Waals surface area contributed by atoms with Crippen molar-refractivity contribution < 1.29 is 18.7 Å². The molecule has 2 N–H and O–H groups in total. The van der Waals surface area contributed by atoms with E-state index < -0.39 is 5.82 Å². The molecule has 4 aromatic rings. The Hall–Kier alpha value is -4.18. The minimum Gasteiger partial charge on any atom is -0.497 e. The highest BCUT2D eigenvalue weighted by atomic mass is 32.2. The molecule has 0 saturated carbocycles. The number of anilines is 1. The third-order valence-corrected chi connectivity index (χ3v) is 5.84. The smallest absolute Gasteiger partial charge is 0.251 e. The minimum absolute atomic E-state index is 0.0468. The Morgan fingerprint density at radius 2 is 1.77 bits per heavy atom. The molecule has 10 heteroatoms. The molecule has 8 nitrogen and oxygen atoms in total. The van der Waals surface area contributed by atoms with Gasteiger partial charge < -0.3 is 15.4 Å². The van der Waals surface area contributed by atoms with Crippen molar-refractivity contribution in [2.24, 2.45) is 0 Å². The van der Waals surface area contributed by atoms with E-state index in [1.165, 1.54) is 12.1 Å². The van der Waals surface area contributed by atoms with Crippen LogP contribution >= 0.6 is 11.8 Å². The summed E-state index contributed by atoms with van der Waals surface area (Å²) in [5, 5.41) is 14.4. The van der Waals surface area contributed by atoms with Crippen LogP contribution in [0.2, 0.25) is 0 Å². The van der Waals surface area contributed by atoms with Gasteiger partial charge in [0.1, 0.15) is 11.6 Å². The lowest BCUT2D eigenvalue weighted by molar-refractivity contribution is -0.113. The first kappa shape index (κ1) is 24.0. The lowest BCUT2D eigenvalue weighted by atomic mass is 10.2. The molecular formula is C25H22FN5O3S. The summed E-state index contributed by atoms with van der Waals surface area (Å²) >= 11 is 1.16. The summed E-state index contributed by atoms with van der Waals surface area (Å²) in [6.45, 7) is 0.0468. The van der Waals surface area contributed by atoms with Gasteiger partial charge in [0.25, 0.3) is 5.91 Å². The number of rotatable bonds is 9. The molecular weight excluding hydrogens is 469 g/mol. The van der Waals surface area contributed by atoms with Crippen molar-refractivity contribution in [3.05, 3.63) is 96.1 Å². The van der Waals surface area contributed by atoms with Crippen molar-refractivity contribution in [2.45, 2.75) is 11.7 Å². The molecule has 0 saturated heterocycles. The Balaban J connectivity index is 1.49. The molecule has 178 valence electrons. The van der Waals surface area contributed by atoms with E-state index in [1.807, 2.05) is 18.2 Å². The molecule has 0 unspecified atom stereocenters. The Morgan fingerprint density at radius 3 is 2.49 bits per heavy atom. The number of aromatic nitrogens is 3. The largest absolute Gasteiger partial charge is 0.497 e. The van der Waals surface area contributed by atoms with Gasteiger partial charge in [-0.15, -0.1) is 10.2 Å². The number of nitrogens with one attached hydrogen (secondary N) is 2. The first-order valence-electron chi connectivity index (χ1n) is 10.6. The topological polar surface area (TPSA) is 98.1 Å². The second-order valence-electron chi connectivity index (χ2n) is 7.33. The molecule has 4 rings (SSSR count). The van der Waals surface area contributed by atoms with Crippen LogP contribution in [0.15, 0.2) is 84.0 Å². The van der Waals surface area contributed by atoms with Crippen LogP contribution < -0.4 is 15.4 Å². The summed E-state index contributed by atoms with van der Waals surface area (Å²) in [4.78, 5) is 25.0. The highest BCUT2D eigenvalue weighted by Crippen LogP contribution is 2.23. The number of hydrogen-bond donors (Lipinski definition) is 2. The van der Waals surface area contributed by atoms with Gasteiger partial charge in [-0.25, -0.2) is 4.39 Å². The van der Waals surface area contributed by atoms with Gasteiger partial charge in [-0.3, -0.25) is 14.2 Å². The number of nitrogens with zero attached hydrogens (tertiary/aromatic N) is 3. The number of benzene rings is 3. The number of carbonyl (C=O) groups is 2. The molecule has 0 aliphatic carbocycles. The Bertz CT molecular complexity index is 1310. The Morgan fingerprint density at radius 1 is 1.00 bits per heavy atom. The van der Waals surface area contributed by atoms with Gasteiger partial charge in [0.15, 0.2) is 11.0 Å². The number of amides is 2. The first-order chi connectivity index (χ1) is 17.0. The molecule has 0 atom stereocenters. The summed E-state index contributed by atoms with van der Waals surface area (Å²) in [5.74, 6) is 0.152.